The van der Waals surface area contributed by atoms with Crippen molar-refractivity contribution in [1.82, 2.24) is 0 Å². The maximum Gasteiger partial charge on any atom is 0.339 e. The van der Waals surface area contributed by atoms with Crippen LogP contribution in [-0.4, -0.2) is 69.0 Å². The Hall–Kier alpha value is -5.81. The number of carbonyl (C=O) groups excluding carboxylic acids is 5. The number of ether oxygens (including phenoxy) is 6. The molecule has 4 atom stereocenters. The maximum atomic E-state index is 13.5. The van der Waals surface area contributed by atoms with Gasteiger partial charge in [-0.25, -0.2) is 24.0 Å². The standard InChI is InChI=1S/C36H30O11/c1-42-35(40)26-20-12-19-25(28(26)36(41)43-2)29-31(47-34(39)24-17-10-5-11-18-24)30(46-33(38)23-15-8-4-9-16-23)27(45-29)21-44-32(37)22-13-6-3-7-14-22/h3-20,27,29-31H,21H2,1-2H3/t27-,29+,30-,31+/m1/s1. The van der Waals surface area contributed by atoms with Gasteiger partial charge in [0.1, 0.15) is 18.8 Å². The van der Waals surface area contributed by atoms with E-state index in [0.717, 1.165) is 14.2 Å². The van der Waals surface area contributed by atoms with Crippen molar-refractivity contribution in [3.05, 3.63) is 143 Å². The molecular formula is C36H30O11. The Morgan fingerprint density at radius 3 is 1.55 bits per heavy atom. The van der Waals surface area contributed by atoms with Crippen LogP contribution in [0.4, 0.5) is 0 Å². The molecule has 0 N–H and O–H groups in total. The first-order chi connectivity index (χ1) is 22.8. The zero-order valence-electron chi connectivity index (χ0n) is 25.4. The van der Waals surface area contributed by atoms with Crippen molar-refractivity contribution in [2.24, 2.45) is 0 Å². The predicted octanol–water partition coefficient (Wildman–Crippen LogP) is 5.01. The van der Waals surface area contributed by atoms with E-state index in [9.17, 15) is 24.0 Å². The van der Waals surface area contributed by atoms with E-state index < -0.39 is 60.9 Å². The molecule has 1 saturated heterocycles. The molecule has 0 unspecified atom stereocenters. The number of hydrogen-bond donors (Lipinski definition) is 0. The van der Waals surface area contributed by atoms with Crippen molar-refractivity contribution in [2.75, 3.05) is 20.8 Å². The quantitative estimate of drug-likeness (QED) is 0.171. The average Bonchev–Trinajstić information content (AvgIpc) is 3.46. The topological polar surface area (TPSA) is 141 Å². The van der Waals surface area contributed by atoms with Crippen molar-refractivity contribution < 1.29 is 52.4 Å². The molecule has 5 rings (SSSR count). The Labute approximate surface area is 269 Å². The highest BCUT2D eigenvalue weighted by molar-refractivity contribution is 6.04. The summed E-state index contributed by atoms with van der Waals surface area (Å²) in [5.41, 5.74) is 0.406. The van der Waals surface area contributed by atoms with Crippen LogP contribution in [0.5, 0.6) is 0 Å². The first kappa shape index (κ1) is 32.6. The Morgan fingerprint density at radius 1 is 0.553 bits per heavy atom. The second-order valence-corrected chi connectivity index (χ2v) is 10.3. The molecular weight excluding hydrogens is 608 g/mol. The van der Waals surface area contributed by atoms with E-state index in [4.69, 9.17) is 28.4 Å². The molecule has 47 heavy (non-hydrogen) atoms. The third-order valence-corrected chi connectivity index (χ3v) is 7.40. The van der Waals surface area contributed by atoms with Gasteiger partial charge in [0.15, 0.2) is 12.2 Å². The van der Waals surface area contributed by atoms with Gasteiger partial charge in [-0.05, 0) is 42.5 Å². The Morgan fingerprint density at radius 2 is 1.04 bits per heavy atom. The van der Waals surface area contributed by atoms with Gasteiger partial charge in [-0.2, -0.15) is 0 Å². The van der Waals surface area contributed by atoms with Gasteiger partial charge in [0.25, 0.3) is 0 Å². The second kappa shape index (κ2) is 15.0. The lowest BCUT2D eigenvalue weighted by atomic mass is 9.93. The van der Waals surface area contributed by atoms with Crippen LogP contribution < -0.4 is 0 Å². The molecule has 0 bridgehead atoms. The molecule has 4 aromatic carbocycles. The third-order valence-electron chi connectivity index (χ3n) is 7.40. The number of methoxy groups -OCH3 is 2. The summed E-state index contributed by atoms with van der Waals surface area (Å²) >= 11 is 0. The molecule has 1 aliphatic rings. The molecule has 0 aromatic heterocycles. The summed E-state index contributed by atoms with van der Waals surface area (Å²) in [5, 5.41) is 0. The van der Waals surface area contributed by atoms with Crippen molar-refractivity contribution in [3.63, 3.8) is 0 Å². The van der Waals surface area contributed by atoms with Crippen molar-refractivity contribution >= 4 is 29.8 Å². The van der Waals surface area contributed by atoms with E-state index in [1.54, 1.807) is 78.9 Å². The first-order valence-electron chi connectivity index (χ1n) is 14.5. The highest BCUT2D eigenvalue weighted by Gasteiger charge is 2.52. The van der Waals surface area contributed by atoms with Gasteiger partial charge < -0.3 is 28.4 Å². The van der Waals surface area contributed by atoms with Crippen molar-refractivity contribution in [3.8, 4) is 0 Å². The molecule has 4 aromatic rings. The van der Waals surface area contributed by atoms with E-state index >= 15 is 0 Å². The highest BCUT2D eigenvalue weighted by atomic mass is 16.7. The summed E-state index contributed by atoms with van der Waals surface area (Å²) in [5.74, 6) is -3.95. The average molecular weight is 639 g/mol. The smallest absolute Gasteiger partial charge is 0.339 e. The normalized spacial score (nSPS) is 18.4. The van der Waals surface area contributed by atoms with Gasteiger partial charge in [0.2, 0.25) is 0 Å². The molecule has 1 aliphatic heterocycles. The minimum Gasteiger partial charge on any atom is -0.465 e. The lowest BCUT2D eigenvalue weighted by molar-refractivity contribution is -0.0450. The molecule has 240 valence electrons. The van der Waals surface area contributed by atoms with E-state index in [2.05, 4.69) is 0 Å². The fraction of sp³-hybridized carbons (Fsp3) is 0.194. The summed E-state index contributed by atoms with van der Waals surface area (Å²) < 4.78 is 33.7. The number of esters is 5. The third kappa shape index (κ3) is 7.37. The molecule has 0 radical (unpaired) electrons. The lowest BCUT2D eigenvalue weighted by Gasteiger charge is -2.25. The zero-order chi connectivity index (χ0) is 33.3. The Bertz CT molecular complexity index is 1740. The van der Waals surface area contributed by atoms with Crippen LogP contribution in [0.25, 0.3) is 0 Å². The van der Waals surface area contributed by atoms with Gasteiger partial charge in [0, 0.05) is 5.56 Å². The fourth-order valence-electron chi connectivity index (χ4n) is 5.15. The van der Waals surface area contributed by atoms with Crippen molar-refractivity contribution in [1.29, 1.82) is 0 Å². The molecule has 0 saturated carbocycles. The van der Waals surface area contributed by atoms with Crippen LogP contribution in [0.15, 0.2) is 109 Å². The highest BCUT2D eigenvalue weighted by Crippen LogP contribution is 2.41. The van der Waals surface area contributed by atoms with Crippen LogP contribution in [0.1, 0.15) is 63.5 Å². The molecule has 1 heterocycles. The van der Waals surface area contributed by atoms with Gasteiger partial charge >= 0.3 is 29.8 Å². The van der Waals surface area contributed by atoms with Crippen LogP contribution >= 0.6 is 0 Å². The zero-order valence-corrected chi connectivity index (χ0v) is 25.4. The number of hydrogen-bond acceptors (Lipinski definition) is 11. The van der Waals surface area contributed by atoms with E-state index in [0.29, 0.717) is 0 Å². The summed E-state index contributed by atoms with van der Waals surface area (Å²) in [6.07, 6.45) is -5.25. The van der Waals surface area contributed by atoms with E-state index in [-0.39, 0.29) is 33.4 Å². The van der Waals surface area contributed by atoms with Gasteiger partial charge in [-0.3, -0.25) is 0 Å². The van der Waals surface area contributed by atoms with Crippen molar-refractivity contribution in [2.45, 2.75) is 24.4 Å². The molecule has 11 heteroatoms. The van der Waals surface area contributed by atoms with E-state index in [1.807, 2.05) is 0 Å². The fourth-order valence-corrected chi connectivity index (χ4v) is 5.15. The summed E-state index contributed by atoms with van der Waals surface area (Å²) in [6.45, 7) is -0.430. The molecule has 0 spiro atoms. The SMILES string of the molecule is COC(=O)c1cccc([C@@H]2O[C@H](COC(=O)c3ccccc3)[C@@H](OC(=O)c3ccccc3)[C@H]2OC(=O)c2ccccc2)c1C(=O)OC. The minimum atomic E-state index is -1.40. The van der Waals surface area contributed by atoms with Gasteiger partial charge in [0.05, 0.1) is 42.0 Å². The monoisotopic (exact) mass is 638 g/mol. The molecule has 0 aliphatic carbocycles. The predicted molar refractivity (Wildman–Crippen MR) is 165 cm³/mol. The lowest BCUT2D eigenvalue weighted by Crippen LogP contribution is -2.41. The van der Waals surface area contributed by atoms with Gasteiger partial charge in [-0.1, -0.05) is 66.7 Å². The molecule has 0 amide bonds. The maximum absolute atomic E-state index is 13.5. The number of carbonyl (C=O) groups is 5. The number of benzene rings is 4. The van der Waals surface area contributed by atoms with Crippen LogP contribution in [0.3, 0.4) is 0 Å². The minimum absolute atomic E-state index is 0.0863. The number of rotatable bonds is 10. The Kier molecular flexibility index (Phi) is 10.4. The first-order valence-corrected chi connectivity index (χ1v) is 14.5. The van der Waals surface area contributed by atoms with Crippen LogP contribution in [-0.2, 0) is 28.4 Å². The van der Waals surface area contributed by atoms with Gasteiger partial charge in [-0.15, -0.1) is 0 Å². The largest absolute Gasteiger partial charge is 0.465 e. The summed E-state index contributed by atoms with van der Waals surface area (Å²) in [6, 6.07) is 28.8. The second-order valence-electron chi connectivity index (χ2n) is 10.3. The van der Waals surface area contributed by atoms with Crippen LogP contribution in [0, 0.1) is 0 Å². The molecule has 1 fully saturated rings. The molecule has 11 nitrogen and oxygen atoms in total. The summed E-state index contributed by atoms with van der Waals surface area (Å²) in [7, 11) is 2.29. The van der Waals surface area contributed by atoms with E-state index in [1.165, 1.54) is 30.3 Å². The summed E-state index contributed by atoms with van der Waals surface area (Å²) in [4.78, 5) is 65.6. The Balaban J connectivity index is 1.59. The van der Waals surface area contributed by atoms with Crippen LogP contribution in [0.2, 0.25) is 0 Å².